The first-order chi connectivity index (χ1) is 9.13. The monoisotopic (exact) mass is 280 g/mol. The van der Waals surface area contributed by atoms with Gasteiger partial charge in [-0.1, -0.05) is 24.6 Å². The molecule has 0 heterocycles. The van der Waals surface area contributed by atoms with Crippen molar-refractivity contribution in [3.63, 3.8) is 0 Å². The largest absolute Gasteiger partial charge is 0.454 e. The molecule has 0 aliphatic carbocycles. The smallest absolute Gasteiger partial charge is 0.166 e. The maximum absolute atomic E-state index is 13.7. The van der Waals surface area contributed by atoms with Gasteiger partial charge in [-0.3, -0.25) is 0 Å². The van der Waals surface area contributed by atoms with Crippen LogP contribution in [-0.4, -0.2) is 5.11 Å². The van der Waals surface area contributed by atoms with Gasteiger partial charge in [0.05, 0.1) is 6.61 Å². The standard InChI is InChI=1S/C15H14ClFO2/c1-2-11-8-12(4-5-13(11)16)19-15-6-3-10(9-18)7-14(15)17/h3-8,18H,2,9H2,1H3. The molecule has 0 aromatic heterocycles. The van der Waals surface area contributed by atoms with Crippen LogP contribution in [0.2, 0.25) is 5.02 Å². The highest BCUT2D eigenvalue weighted by Crippen LogP contribution is 2.28. The van der Waals surface area contributed by atoms with E-state index in [2.05, 4.69) is 0 Å². The van der Waals surface area contributed by atoms with Crippen molar-refractivity contribution in [2.24, 2.45) is 0 Å². The fourth-order valence-electron chi connectivity index (χ4n) is 1.74. The molecule has 0 saturated heterocycles. The molecule has 0 unspecified atom stereocenters. The van der Waals surface area contributed by atoms with Gasteiger partial charge in [0.2, 0.25) is 0 Å². The summed E-state index contributed by atoms with van der Waals surface area (Å²) in [6.45, 7) is 1.79. The second-order valence-electron chi connectivity index (χ2n) is 4.13. The Kier molecular flexibility index (Phi) is 4.40. The summed E-state index contributed by atoms with van der Waals surface area (Å²) in [7, 11) is 0. The van der Waals surface area contributed by atoms with Crippen molar-refractivity contribution >= 4 is 11.6 Å². The summed E-state index contributed by atoms with van der Waals surface area (Å²) in [5.74, 6) is 0.165. The third kappa shape index (κ3) is 3.25. The number of hydrogen-bond acceptors (Lipinski definition) is 2. The zero-order valence-electron chi connectivity index (χ0n) is 10.5. The molecule has 0 aliphatic heterocycles. The van der Waals surface area contributed by atoms with Crippen LogP contribution >= 0.6 is 11.6 Å². The molecule has 0 fully saturated rings. The highest BCUT2D eigenvalue weighted by molar-refractivity contribution is 6.31. The van der Waals surface area contributed by atoms with Gasteiger partial charge < -0.3 is 9.84 Å². The molecule has 1 N–H and O–H groups in total. The average molecular weight is 281 g/mol. The van der Waals surface area contributed by atoms with Gasteiger partial charge in [-0.15, -0.1) is 0 Å². The van der Waals surface area contributed by atoms with E-state index in [0.717, 1.165) is 12.0 Å². The van der Waals surface area contributed by atoms with Crippen LogP contribution in [-0.2, 0) is 13.0 Å². The quantitative estimate of drug-likeness (QED) is 0.903. The lowest BCUT2D eigenvalue weighted by Crippen LogP contribution is -1.92. The van der Waals surface area contributed by atoms with Crippen LogP contribution < -0.4 is 4.74 Å². The molecule has 0 aliphatic rings. The first-order valence-electron chi connectivity index (χ1n) is 5.99. The lowest BCUT2D eigenvalue weighted by Gasteiger charge is -2.09. The van der Waals surface area contributed by atoms with Crippen LogP contribution in [0.5, 0.6) is 11.5 Å². The topological polar surface area (TPSA) is 29.5 Å². The van der Waals surface area contributed by atoms with E-state index in [1.807, 2.05) is 6.92 Å². The Morgan fingerprint density at radius 3 is 2.63 bits per heavy atom. The first kappa shape index (κ1) is 13.8. The third-order valence-electron chi connectivity index (χ3n) is 2.80. The highest BCUT2D eigenvalue weighted by atomic mass is 35.5. The molecule has 0 amide bonds. The SMILES string of the molecule is CCc1cc(Oc2ccc(CO)cc2F)ccc1Cl. The first-order valence-corrected chi connectivity index (χ1v) is 6.37. The summed E-state index contributed by atoms with van der Waals surface area (Å²) in [6.07, 6.45) is 0.780. The summed E-state index contributed by atoms with van der Waals surface area (Å²) < 4.78 is 19.2. The predicted molar refractivity (Wildman–Crippen MR) is 73.2 cm³/mol. The Balaban J connectivity index is 2.26. The van der Waals surface area contributed by atoms with Crippen molar-refractivity contribution in [2.45, 2.75) is 20.0 Å². The van der Waals surface area contributed by atoms with Crippen LogP contribution in [0.4, 0.5) is 4.39 Å². The molecule has 2 rings (SSSR count). The number of aliphatic hydroxyl groups excluding tert-OH is 1. The molecule has 19 heavy (non-hydrogen) atoms. The number of aliphatic hydroxyl groups is 1. The maximum atomic E-state index is 13.7. The van der Waals surface area contributed by atoms with Gasteiger partial charge in [0.1, 0.15) is 5.75 Å². The maximum Gasteiger partial charge on any atom is 0.166 e. The zero-order chi connectivity index (χ0) is 13.8. The number of aryl methyl sites for hydroxylation is 1. The summed E-state index contributed by atoms with van der Waals surface area (Å²) >= 11 is 6.01. The van der Waals surface area contributed by atoms with E-state index in [1.165, 1.54) is 12.1 Å². The van der Waals surface area contributed by atoms with Crippen molar-refractivity contribution in [2.75, 3.05) is 0 Å². The zero-order valence-corrected chi connectivity index (χ0v) is 11.2. The fourth-order valence-corrected chi connectivity index (χ4v) is 1.99. The van der Waals surface area contributed by atoms with Crippen LogP contribution in [0, 0.1) is 5.82 Å². The Bertz CT molecular complexity index is 584. The van der Waals surface area contributed by atoms with Gasteiger partial charge in [0, 0.05) is 5.02 Å². The van der Waals surface area contributed by atoms with Crippen LogP contribution in [0.15, 0.2) is 36.4 Å². The lowest BCUT2D eigenvalue weighted by atomic mass is 10.1. The Hall–Kier alpha value is -1.58. The second-order valence-corrected chi connectivity index (χ2v) is 4.54. The molecule has 0 atom stereocenters. The molecule has 2 aromatic carbocycles. The van der Waals surface area contributed by atoms with E-state index in [4.69, 9.17) is 21.4 Å². The van der Waals surface area contributed by atoms with Crippen molar-refractivity contribution in [3.8, 4) is 11.5 Å². The van der Waals surface area contributed by atoms with Crippen LogP contribution in [0.1, 0.15) is 18.1 Å². The van der Waals surface area contributed by atoms with E-state index >= 15 is 0 Å². The fraction of sp³-hybridized carbons (Fsp3) is 0.200. The van der Waals surface area contributed by atoms with Gasteiger partial charge in [-0.25, -0.2) is 4.39 Å². The van der Waals surface area contributed by atoms with E-state index in [1.54, 1.807) is 24.3 Å². The minimum Gasteiger partial charge on any atom is -0.454 e. The minimum absolute atomic E-state index is 0.126. The number of ether oxygens (including phenoxy) is 1. The average Bonchev–Trinajstić information content (AvgIpc) is 2.43. The van der Waals surface area contributed by atoms with Crippen LogP contribution in [0.3, 0.4) is 0 Å². The Morgan fingerprint density at radius 2 is 2.00 bits per heavy atom. The van der Waals surface area contributed by atoms with Crippen molar-refractivity contribution in [1.29, 1.82) is 0 Å². The summed E-state index contributed by atoms with van der Waals surface area (Å²) in [6, 6.07) is 9.60. The number of rotatable bonds is 4. The van der Waals surface area contributed by atoms with Gasteiger partial charge in [-0.2, -0.15) is 0 Å². The van der Waals surface area contributed by atoms with Gasteiger partial charge in [0.25, 0.3) is 0 Å². The molecular weight excluding hydrogens is 267 g/mol. The van der Waals surface area contributed by atoms with Crippen molar-refractivity contribution < 1.29 is 14.2 Å². The van der Waals surface area contributed by atoms with Gasteiger partial charge in [0.15, 0.2) is 11.6 Å². The number of benzene rings is 2. The lowest BCUT2D eigenvalue weighted by molar-refractivity contribution is 0.281. The Morgan fingerprint density at radius 1 is 1.21 bits per heavy atom. The summed E-state index contributed by atoms with van der Waals surface area (Å²) in [5, 5.41) is 9.59. The van der Waals surface area contributed by atoms with Gasteiger partial charge >= 0.3 is 0 Å². The second kappa shape index (κ2) is 6.04. The van der Waals surface area contributed by atoms with E-state index in [-0.39, 0.29) is 12.4 Å². The third-order valence-corrected chi connectivity index (χ3v) is 3.17. The molecule has 100 valence electrons. The Labute approximate surface area is 116 Å². The van der Waals surface area contributed by atoms with Gasteiger partial charge in [-0.05, 0) is 47.9 Å². The highest BCUT2D eigenvalue weighted by Gasteiger charge is 2.07. The minimum atomic E-state index is -0.500. The molecule has 2 aromatic rings. The van der Waals surface area contributed by atoms with E-state index in [0.29, 0.717) is 16.3 Å². The molecule has 0 bridgehead atoms. The molecule has 0 radical (unpaired) electrons. The van der Waals surface area contributed by atoms with E-state index in [9.17, 15) is 4.39 Å². The van der Waals surface area contributed by atoms with E-state index < -0.39 is 5.82 Å². The number of halogens is 2. The molecule has 2 nitrogen and oxygen atoms in total. The van der Waals surface area contributed by atoms with Crippen molar-refractivity contribution in [1.82, 2.24) is 0 Å². The normalized spacial score (nSPS) is 10.5. The van der Waals surface area contributed by atoms with Crippen LogP contribution in [0.25, 0.3) is 0 Å². The molecule has 0 saturated carbocycles. The molecule has 0 spiro atoms. The van der Waals surface area contributed by atoms with Crippen molar-refractivity contribution in [3.05, 3.63) is 58.4 Å². The summed E-state index contributed by atoms with van der Waals surface area (Å²) in [5.41, 5.74) is 1.46. The molecule has 4 heteroatoms. The molecular formula is C15H14ClFO2. The number of hydrogen-bond donors (Lipinski definition) is 1. The summed E-state index contributed by atoms with van der Waals surface area (Å²) in [4.78, 5) is 0. The predicted octanol–water partition coefficient (Wildman–Crippen LogP) is 4.33.